The van der Waals surface area contributed by atoms with Gasteiger partial charge in [-0.2, -0.15) is 12.6 Å². The van der Waals surface area contributed by atoms with Crippen LogP contribution in [0.4, 0.5) is 0 Å². The van der Waals surface area contributed by atoms with Crippen molar-refractivity contribution in [2.24, 2.45) is 0 Å². The fourth-order valence-corrected chi connectivity index (χ4v) is 2.28. The summed E-state index contributed by atoms with van der Waals surface area (Å²) in [6, 6.07) is -0.933. The van der Waals surface area contributed by atoms with E-state index in [-0.39, 0.29) is 24.2 Å². The Balaban J connectivity index is 2.91. The minimum Gasteiger partial charge on any atom is -0.480 e. The Labute approximate surface area is 99.0 Å². The number of hydrogen-bond acceptors (Lipinski definition) is 3. The lowest BCUT2D eigenvalue weighted by molar-refractivity contribution is -0.149. The minimum absolute atomic E-state index is 0.204. The number of carbonyl (C=O) groups excluding carboxylic acids is 1. The van der Waals surface area contributed by atoms with Crippen LogP contribution in [0, 0.1) is 0 Å². The largest absolute Gasteiger partial charge is 0.480 e. The molecular formula is C9H14ClNO3S. The van der Waals surface area contributed by atoms with E-state index in [1.807, 2.05) is 0 Å². The van der Waals surface area contributed by atoms with Crippen molar-refractivity contribution in [3.8, 4) is 0 Å². The van der Waals surface area contributed by atoms with Crippen molar-refractivity contribution in [2.45, 2.75) is 36.4 Å². The van der Waals surface area contributed by atoms with Crippen molar-refractivity contribution in [1.29, 1.82) is 0 Å². The Bertz CT molecular complexity index is 290. The highest BCUT2D eigenvalue weighted by molar-refractivity contribution is 7.81. The van der Waals surface area contributed by atoms with Crippen LogP contribution in [0.25, 0.3) is 0 Å². The van der Waals surface area contributed by atoms with Gasteiger partial charge in [-0.1, -0.05) is 0 Å². The Morgan fingerprint density at radius 2 is 2.27 bits per heavy atom. The molecule has 1 heterocycles. The Morgan fingerprint density at radius 1 is 1.73 bits per heavy atom. The number of alkyl halides is 1. The topological polar surface area (TPSA) is 57.6 Å². The lowest BCUT2D eigenvalue weighted by atomic mass is 10.0. The Kier molecular flexibility index (Phi) is 3.55. The quantitative estimate of drug-likeness (QED) is 0.581. The predicted octanol–water partition coefficient (Wildman–Crippen LogP) is 0.988. The van der Waals surface area contributed by atoms with Crippen molar-refractivity contribution in [3.05, 3.63) is 0 Å². The Hall–Kier alpha value is -0.420. The van der Waals surface area contributed by atoms with Crippen LogP contribution in [-0.2, 0) is 9.59 Å². The summed E-state index contributed by atoms with van der Waals surface area (Å²) in [5, 5.41) is 8.79. The number of hydrogen-bond donors (Lipinski definition) is 2. The molecule has 6 heteroatoms. The van der Waals surface area contributed by atoms with E-state index >= 15 is 0 Å². The second-order valence-electron chi connectivity index (χ2n) is 4.24. The van der Waals surface area contributed by atoms with Crippen LogP contribution in [0.1, 0.15) is 20.3 Å². The third kappa shape index (κ3) is 2.78. The number of halogens is 1. The highest BCUT2D eigenvalue weighted by Crippen LogP contribution is 2.28. The summed E-state index contributed by atoms with van der Waals surface area (Å²) < 4.78 is -0.789. The number of rotatable bonds is 3. The zero-order valence-electron chi connectivity index (χ0n) is 8.61. The maximum Gasteiger partial charge on any atom is 0.327 e. The molecule has 2 atom stereocenters. The van der Waals surface area contributed by atoms with Gasteiger partial charge in [-0.3, -0.25) is 4.79 Å². The fourth-order valence-electron chi connectivity index (χ4n) is 1.75. The molecule has 0 saturated carbocycles. The lowest BCUT2D eigenvalue weighted by Gasteiger charge is -2.33. The van der Waals surface area contributed by atoms with E-state index in [0.29, 0.717) is 0 Å². The molecule has 1 fully saturated rings. The summed E-state index contributed by atoms with van der Waals surface area (Å²) in [6.07, 6.45) is 0.204. The molecule has 0 spiro atoms. The first-order chi connectivity index (χ1) is 6.73. The average molecular weight is 252 g/mol. The summed E-state index contributed by atoms with van der Waals surface area (Å²) in [5.74, 6) is -1.27. The molecule has 0 bridgehead atoms. The molecule has 0 radical (unpaired) electrons. The SMILES string of the molecule is CC(C)(S)[C@@H](C(=O)O)N1CC(Cl)CC1=O. The molecule has 0 aromatic heterocycles. The highest BCUT2D eigenvalue weighted by atomic mass is 35.5. The standard InChI is InChI=1S/C9H14ClNO3S/c1-9(2,15)7(8(13)14)11-4-5(10)3-6(11)12/h5,7,15H,3-4H2,1-2H3,(H,13,14)/t5?,7-/m1/s1. The number of nitrogens with zero attached hydrogens (tertiary/aromatic N) is 1. The van der Waals surface area contributed by atoms with Gasteiger partial charge in [0.1, 0.15) is 6.04 Å². The first-order valence-electron chi connectivity index (χ1n) is 4.62. The molecule has 4 nitrogen and oxygen atoms in total. The lowest BCUT2D eigenvalue weighted by Crippen LogP contribution is -2.52. The van der Waals surface area contributed by atoms with Crippen LogP contribution < -0.4 is 0 Å². The zero-order valence-corrected chi connectivity index (χ0v) is 10.3. The van der Waals surface area contributed by atoms with Gasteiger partial charge in [-0.25, -0.2) is 4.79 Å². The molecule has 15 heavy (non-hydrogen) atoms. The number of carboxylic acid groups (broad SMARTS) is 1. The molecule has 1 saturated heterocycles. The van der Waals surface area contributed by atoms with Crippen molar-refractivity contribution >= 4 is 36.1 Å². The molecule has 1 rings (SSSR count). The number of aliphatic carboxylic acids is 1. The van der Waals surface area contributed by atoms with Gasteiger partial charge in [0, 0.05) is 17.7 Å². The summed E-state index contributed by atoms with van der Waals surface area (Å²) in [7, 11) is 0. The second kappa shape index (κ2) is 4.22. The minimum atomic E-state index is -1.05. The average Bonchev–Trinajstić information content (AvgIpc) is 2.26. The van der Waals surface area contributed by atoms with Crippen molar-refractivity contribution in [3.63, 3.8) is 0 Å². The first kappa shape index (κ1) is 12.6. The summed E-state index contributed by atoms with van der Waals surface area (Å²) >= 11 is 10.0. The van der Waals surface area contributed by atoms with Crippen LogP contribution >= 0.6 is 24.2 Å². The molecule has 1 amide bonds. The third-order valence-electron chi connectivity index (χ3n) is 2.33. The maximum absolute atomic E-state index is 11.5. The summed E-state index contributed by atoms with van der Waals surface area (Å²) in [4.78, 5) is 23.9. The molecule has 1 N–H and O–H groups in total. The zero-order chi connectivity index (χ0) is 11.8. The van der Waals surface area contributed by atoms with Gasteiger partial charge in [0.2, 0.25) is 5.91 Å². The van der Waals surface area contributed by atoms with E-state index in [9.17, 15) is 9.59 Å². The van der Waals surface area contributed by atoms with E-state index in [1.54, 1.807) is 13.8 Å². The highest BCUT2D eigenvalue weighted by Gasteiger charge is 2.43. The monoisotopic (exact) mass is 251 g/mol. The van der Waals surface area contributed by atoms with Crippen molar-refractivity contribution in [2.75, 3.05) is 6.54 Å². The molecule has 1 aliphatic rings. The number of carboxylic acids is 1. The van der Waals surface area contributed by atoms with Gasteiger partial charge < -0.3 is 10.0 Å². The van der Waals surface area contributed by atoms with Crippen LogP contribution in [0.2, 0.25) is 0 Å². The first-order valence-corrected chi connectivity index (χ1v) is 5.50. The number of thiol groups is 1. The molecule has 1 aliphatic heterocycles. The molecule has 0 aromatic rings. The molecule has 1 unspecified atom stereocenters. The van der Waals surface area contributed by atoms with Crippen LogP contribution in [0.5, 0.6) is 0 Å². The number of carbonyl (C=O) groups is 2. The van der Waals surface area contributed by atoms with Crippen LogP contribution in [0.3, 0.4) is 0 Å². The fraction of sp³-hybridized carbons (Fsp3) is 0.778. The Morgan fingerprint density at radius 3 is 2.53 bits per heavy atom. The van der Waals surface area contributed by atoms with Crippen LogP contribution in [0.15, 0.2) is 0 Å². The van der Waals surface area contributed by atoms with Crippen molar-refractivity contribution in [1.82, 2.24) is 4.90 Å². The second-order valence-corrected chi connectivity index (χ2v) is 6.01. The van der Waals surface area contributed by atoms with E-state index in [1.165, 1.54) is 4.90 Å². The van der Waals surface area contributed by atoms with E-state index in [0.717, 1.165) is 0 Å². The van der Waals surface area contributed by atoms with Gasteiger partial charge in [-0.15, -0.1) is 11.6 Å². The van der Waals surface area contributed by atoms with Gasteiger partial charge >= 0.3 is 5.97 Å². The summed E-state index contributed by atoms with van der Waals surface area (Å²) in [6.45, 7) is 3.62. The normalized spacial score (nSPS) is 24.4. The van der Waals surface area contributed by atoms with E-state index in [4.69, 9.17) is 16.7 Å². The molecule has 86 valence electrons. The maximum atomic E-state index is 11.5. The smallest absolute Gasteiger partial charge is 0.327 e. The third-order valence-corrected chi connectivity index (χ3v) is 2.86. The summed E-state index contributed by atoms with van der Waals surface area (Å²) in [5.41, 5.74) is 0. The van der Waals surface area contributed by atoms with Gasteiger partial charge in [0.05, 0.1) is 5.38 Å². The van der Waals surface area contributed by atoms with Gasteiger partial charge in [-0.05, 0) is 13.8 Å². The number of likely N-dealkylation sites (tertiary alicyclic amines) is 1. The number of amides is 1. The molecule has 0 aliphatic carbocycles. The molecular weight excluding hydrogens is 238 g/mol. The predicted molar refractivity (Wildman–Crippen MR) is 60.5 cm³/mol. The van der Waals surface area contributed by atoms with Crippen molar-refractivity contribution < 1.29 is 14.7 Å². The van der Waals surface area contributed by atoms with Gasteiger partial charge in [0.15, 0.2) is 0 Å². The van der Waals surface area contributed by atoms with E-state index in [2.05, 4.69) is 12.6 Å². The van der Waals surface area contributed by atoms with Gasteiger partial charge in [0.25, 0.3) is 0 Å². The molecule has 0 aromatic carbocycles. The van der Waals surface area contributed by atoms with Crippen LogP contribution in [-0.4, -0.2) is 44.6 Å². The van der Waals surface area contributed by atoms with E-state index < -0.39 is 16.8 Å².